The summed E-state index contributed by atoms with van der Waals surface area (Å²) in [4.78, 5) is 12.4. The van der Waals surface area contributed by atoms with Gasteiger partial charge in [0.05, 0.1) is 5.92 Å². The maximum absolute atomic E-state index is 12.4. The van der Waals surface area contributed by atoms with Crippen molar-refractivity contribution in [2.75, 3.05) is 0 Å². The molecule has 5 rings (SSSR count). The van der Waals surface area contributed by atoms with Gasteiger partial charge in [0.25, 0.3) is 0 Å². The van der Waals surface area contributed by atoms with Crippen LogP contribution in [0.1, 0.15) is 33.7 Å². The number of nitriles is 1. The number of esters is 1. The molecule has 0 bridgehead atoms. The summed E-state index contributed by atoms with van der Waals surface area (Å²) in [6, 6.07) is 30.0. The zero-order chi connectivity index (χ0) is 28.1. The predicted octanol–water partition coefficient (Wildman–Crippen LogP) is 7.06. The summed E-state index contributed by atoms with van der Waals surface area (Å²) < 4.78 is 17.2. The quantitative estimate of drug-likeness (QED) is 0.151. The van der Waals surface area contributed by atoms with Crippen molar-refractivity contribution >= 4 is 23.6 Å². The number of nitrogens with zero attached hydrogens (tertiary/aromatic N) is 1. The molecule has 1 aliphatic heterocycles. The number of aryl methyl sites for hydroxylation is 1. The zero-order valence-corrected chi connectivity index (χ0v) is 22.4. The van der Waals surface area contributed by atoms with Gasteiger partial charge < -0.3 is 19.9 Å². The van der Waals surface area contributed by atoms with Crippen molar-refractivity contribution in [2.45, 2.75) is 19.4 Å². The van der Waals surface area contributed by atoms with Crippen molar-refractivity contribution in [3.05, 3.63) is 141 Å². The Balaban J connectivity index is 1.32. The van der Waals surface area contributed by atoms with Crippen LogP contribution in [0.15, 0.2) is 109 Å². The Bertz CT molecular complexity index is 1630. The second kappa shape index (κ2) is 11.8. The lowest BCUT2D eigenvalue weighted by atomic mass is 9.83. The number of nitrogens with two attached hydrogens (primary N) is 1. The Morgan fingerprint density at radius 1 is 1.00 bits per heavy atom. The molecule has 0 aromatic heterocycles. The molecule has 4 aromatic carbocycles. The predicted molar refractivity (Wildman–Crippen MR) is 154 cm³/mol. The van der Waals surface area contributed by atoms with Crippen LogP contribution in [-0.2, 0) is 11.4 Å². The molecule has 1 atom stereocenters. The number of rotatable bonds is 7. The molecule has 2 N–H and O–H groups in total. The number of hydrogen-bond donors (Lipinski definition) is 1. The van der Waals surface area contributed by atoms with E-state index in [0.29, 0.717) is 34.5 Å². The van der Waals surface area contributed by atoms with Gasteiger partial charge in [-0.25, -0.2) is 4.79 Å². The van der Waals surface area contributed by atoms with Crippen molar-refractivity contribution in [3.63, 3.8) is 0 Å². The Morgan fingerprint density at radius 2 is 1.70 bits per heavy atom. The van der Waals surface area contributed by atoms with Crippen molar-refractivity contribution in [3.8, 4) is 23.3 Å². The first-order valence-corrected chi connectivity index (χ1v) is 12.9. The Labute approximate surface area is 237 Å². The van der Waals surface area contributed by atoms with Crippen molar-refractivity contribution < 1.29 is 19.0 Å². The normalized spacial score (nSPS) is 14.3. The molecule has 0 radical (unpaired) electrons. The Kier molecular flexibility index (Phi) is 7.86. The first kappa shape index (κ1) is 26.6. The summed E-state index contributed by atoms with van der Waals surface area (Å²) in [5.74, 6) is 0.425. The number of hydrogen-bond acceptors (Lipinski definition) is 6. The molecule has 40 heavy (non-hydrogen) atoms. The SMILES string of the molecule is Cc1ccc(/C=C/C(=O)Oc2ccc3c(c2)OC(N)=C(C#N)C3c2ccc(OCc3ccc(Cl)cc3)cc2)cc1. The van der Waals surface area contributed by atoms with E-state index in [-0.39, 0.29) is 5.88 Å². The maximum Gasteiger partial charge on any atom is 0.336 e. The summed E-state index contributed by atoms with van der Waals surface area (Å²) in [7, 11) is 0. The highest BCUT2D eigenvalue weighted by molar-refractivity contribution is 6.30. The molecule has 198 valence electrons. The monoisotopic (exact) mass is 548 g/mol. The minimum absolute atomic E-state index is 0.00538. The fourth-order valence-corrected chi connectivity index (χ4v) is 4.46. The lowest BCUT2D eigenvalue weighted by molar-refractivity contribution is -0.128. The third kappa shape index (κ3) is 6.17. The van der Waals surface area contributed by atoms with Gasteiger partial charge in [-0.1, -0.05) is 71.8 Å². The van der Waals surface area contributed by atoms with E-state index in [1.54, 1.807) is 24.3 Å². The second-order valence-electron chi connectivity index (χ2n) is 9.27. The van der Waals surface area contributed by atoms with Gasteiger partial charge in [-0.3, -0.25) is 0 Å². The van der Waals surface area contributed by atoms with Crippen LogP contribution in [0.3, 0.4) is 0 Å². The first-order valence-electron chi connectivity index (χ1n) is 12.5. The number of halogens is 1. The van der Waals surface area contributed by atoms with Gasteiger partial charge in [-0.2, -0.15) is 5.26 Å². The molecule has 0 saturated heterocycles. The van der Waals surface area contributed by atoms with Crippen molar-refractivity contribution in [1.82, 2.24) is 0 Å². The molecule has 0 saturated carbocycles. The number of ether oxygens (including phenoxy) is 3. The smallest absolute Gasteiger partial charge is 0.336 e. The molecular formula is C33H25ClN2O4. The molecule has 1 heterocycles. The van der Waals surface area contributed by atoms with Gasteiger partial charge in [0.1, 0.15) is 35.5 Å². The van der Waals surface area contributed by atoms with E-state index in [1.165, 1.54) is 6.08 Å². The average Bonchev–Trinajstić information content (AvgIpc) is 2.96. The third-order valence-corrected chi connectivity index (χ3v) is 6.68. The van der Waals surface area contributed by atoms with Crippen LogP contribution >= 0.6 is 11.6 Å². The minimum atomic E-state index is -0.525. The number of benzene rings is 4. The van der Waals surface area contributed by atoms with Crippen LogP contribution in [0.5, 0.6) is 17.2 Å². The van der Waals surface area contributed by atoms with Crippen molar-refractivity contribution in [1.29, 1.82) is 5.26 Å². The van der Waals surface area contributed by atoms with Crippen LogP contribution in [0.25, 0.3) is 6.08 Å². The summed E-state index contributed by atoms with van der Waals surface area (Å²) in [6.07, 6.45) is 3.06. The molecule has 7 heteroatoms. The average molecular weight is 549 g/mol. The highest BCUT2D eigenvalue weighted by Gasteiger charge is 2.31. The summed E-state index contributed by atoms with van der Waals surface area (Å²) in [6.45, 7) is 2.40. The molecule has 1 aliphatic rings. The van der Waals surface area contributed by atoms with Gasteiger partial charge in [0.15, 0.2) is 0 Å². The number of carbonyl (C=O) groups is 1. The van der Waals surface area contributed by atoms with Crippen LogP contribution in [0.4, 0.5) is 0 Å². The zero-order valence-electron chi connectivity index (χ0n) is 21.6. The molecule has 0 spiro atoms. The summed E-state index contributed by atoms with van der Waals surface area (Å²) >= 11 is 5.95. The lowest BCUT2D eigenvalue weighted by Gasteiger charge is -2.26. The Hall–Kier alpha value is -4.99. The molecular weight excluding hydrogens is 524 g/mol. The van der Waals surface area contributed by atoms with Crippen LogP contribution < -0.4 is 19.9 Å². The van der Waals surface area contributed by atoms with Gasteiger partial charge in [0.2, 0.25) is 5.88 Å². The van der Waals surface area contributed by atoms with Crippen LogP contribution in [0, 0.1) is 18.3 Å². The largest absolute Gasteiger partial charge is 0.489 e. The van der Waals surface area contributed by atoms with Gasteiger partial charge in [-0.05, 0) is 60.0 Å². The topological polar surface area (TPSA) is 94.6 Å². The van der Waals surface area contributed by atoms with E-state index in [9.17, 15) is 10.1 Å². The van der Waals surface area contributed by atoms with E-state index in [4.69, 9.17) is 31.5 Å². The second-order valence-corrected chi connectivity index (χ2v) is 9.71. The van der Waals surface area contributed by atoms with E-state index in [2.05, 4.69) is 6.07 Å². The molecule has 0 fully saturated rings. The van der Waals surface area contributed by atoms with Crippen molar-refractivity contribution in [2.24, 2.45) is 5.73 Å². The summed E-state index contributed by atoms with van der Waals surface area (Å²) in [5, 5.41) is 10.5. The highest BCUT2D eigenvalue weighted by Crippen LogP contribution is 2.43. The lowest BCUT2D eigenvalue weighted by Crippen LogP contribution is -2.21. The fraction of sp³-hybridized carbons (Fsp3) is 0.0909. The molecule has 1 unspecified atom stereocenters. The number of allylic oxidation sites excluding steroid dienone is 1. The third-order valence-electron chi connectivity index (χ3n) is 6.43. The molecule has 0 amide bonds. The van der Waals surface area contributed by atoms with Gasteiger partial charge in [0, 0.05) is 22.7 Å². The summed E-state index contributed by atoms with van der Waals surface area (Å²) in [5.41, 5.74) is 11.0. The number of fused-ring (bicyclic) bond motifs is 1. The van der Waals surface area contributed by atoms with Crippen LogP contribution in [-0.4, -0.2) is 5.97 Å². The van der Waals surface area contributed by atoms with E-state index >= 15 is 0 Å². The minimum Gasteiger partial charge on any atom is -0.489 e. The fourth-order valence-electron chi connectivity index (χ4n) is 4.34. The number of carbonyl (C=O) groups excluding carboxylic acids is 1. The van der Waals surface area contributed by atoms with Gasteiger partial charge in [-0.15, -0.1) is 0 Å². The highest BCUT2D eigenvalue weighted by atomic mass is 35.5. The van der Waals surface area contributed by atoms with Gasteiger partial charge >= 0.3 is 5.97 Å². The van der Waals surface area contributed by atoms with E-state index < -0.39 is 11.9 Å². The maximum atomic E-state index is 12.4. The Morgan fingerprint density at radius 3 is 2.40 bits per heavy atom. The standard InChI is InChI=1S/C33H25ClN2O4/c1-21-2-4-22(5-3-21)8-17-31(37)39-27-15-16-28-30(18-27)40-33(36)29(19-35)32(28)24-9-13-26(14-10-24)38-20-23-6-11-25(34)12-7-23/h2-18,32H,20,36H2,1H3/b17-8+. The first-order chi connectivity index (χ1) is 19.4. The molecule has 6 nitrogen and oxygen atoms in total. The molecule has 0 aliphatic carbocycles. The molecule has 4 aromatic rings. The van der Waals surface area contributed by atoms with E-state index in [0.717, 1.165) is 27.8 Å². The van der Waals surface area contributed by atoms with Crippen LogP contribution in [0.2, 0.25) is 5.02 Å². The van der Waals surface area contributed by atoms with E-state index in [1.807, 2.05) is 79.7 Å².